The highest BCUT2D eigenvalue weighted by atomic mass is 79.9. The van der Waals surface area contributed by atoms with Gasteiger partial charge in [0.25, 0.3) is 5.91 Å². The monoisotopic (exact) mass is 427 g/mol. The Hall–Kier alpha value is -1.92. The predicted octanol–water partition coefficient (Wildman–Crippen LogP) is 4.45. The van der Waals surface area contributed by atoms with Crippen molar-refractivity contribution >= 4 is 33.4 Å². The number of carbonyl (C=O) groups is 1. The minimum atomic E-state index is -0.254. The number of ether oxygens (including phenoxy) is 3. The summed E-state index contributed by atoms with van der Waals surface area (Å²) in [5.41, 5.74) is 1.17. The Morgan fingerprint density at radius 1 is 1.12 bits per heavy atom. The van der Waals surface area contributed by atoms with Gasteiger partial charge in [0.1, 0.15) is 5.75 Å². The Morgan fingerprint density at radius 3 is 2.44 bits per heavy atom. The smallest absolute Gasteiger partial charge is 0.255 e. The van der Waals surface area contributed by atoms with Gasteiger partial charge in [0.2, 0.25) is 0 Å². The number of halogens is 2. The van der Waals surface area contributed by atoms with Crippen molar-refractivity contribution in [2.45, 2.75) is 13.5 Å². The molecule has 0 heterocycles. The highest BCUT2D eigenvalue weighted by Gasteiger charge is 2.15. The lowest BCUT2D eigenvalue weighted by Gasteiger charge is -2.14. The molecule has 5 nitrogen and oxygen atoms in total. The molecule has 7 heteroatoms. The Bertz CT molecular complexity index is 767. The first-order chi connectivity index (χ1) is 12.0. The topological polar surface area (TPSA) is 56.8 Å². The zero-order valence-electron chi connectivity index (χ0n) is 14.2. The second kappa shape index (κ2) is 8.97. The highest BCUT2D eigenvalue weighted by molar-refractivity contribution is 9.10. The number of hydrogen-bond donors (Lipinski definition) is 1. The van der Waals surface area contributed by atoms with Crippen LogP contribution in [0.3, 0.4) is 0 Å². The van der Waals surface area contributed by atoms with Gasteiger partial charge < -0.3 is 19.5 Å². The van der Waals surface area contributed by atoms with Crippen LogP contribution in [0.15, 0.2) is 34.8 Å². The van der Waals surface area contributed by atoms with Crippen LogP contribution < -0.4 is 19.5 Å². The van der Waals surface area contributed by atoms with E-state index in [1.165, 1.54) is 7.11 Å². The Balaban J connectivity index is 2.19. The summed E-state index contributed by atoms with van der Waals surface area (Å²) < 4.78 is 16.8. The Morgan fingerprint density at radius 2 is 1.80 bits per heavy atom. The molecule has 0 aromatic heterocycles. The van der Waals surface area contributed by atoms with Crippen LogP contribution in [-0.2, 0) is 6.54 Å². The number of rotatable bonds is 7. The van der Waals surface area contributed by atoms with Gasteiger partial charge in [-0.05, 0) is 36.8 Å². The van der Waals surface area contributed by atoms with Crippen molar-refractivity contribution in [3.63, 3.8) is 0 Å². The number of hydrogen-bond acceptors (Lipinski definition) is 4. The van der Waals surface area contributed by atoms with Gasteiger partial charge in [0, 0.05) is 22.1 Å². The zero-order valence-corrected chi connectivity index (χ0v) is 16.5. The van der Waals surface area contributed by atoms with E-state index in [9.17, 15) is 4.79 Å². The lowest BCUT2D eigenvalue weighted by atomic mass is 10.1. The predicted molar refractivity (Wildman–Crippen MR) is 101 cm³/mol. The van der Waals surface area contributed by atoms with E-state index >= 15 is 0 Å². The number of nitrogens with one attached hydrogen (secondary N) is 1. The van der Waals surface area contributed by atoms with Crippen LogP contribution in [0.2, 0.25) is 5.02 Å². The van der Waals surface area contributed by atoms with E-state index < -0.39 is 0 Å². The van der Waals surface area contributed by atoms with Gasteiger partial charge in [0.05, 0.1) is 26.4 Å². The molecule has 0 aliphatic carbocycles. The molecule has 1 N–H and O–H groups in total. The molecule has 0 aliphatic rings. The molecule has 25 heavy (non-hydrogen) atoms. The maximum Gasteiger partial charge on any atom is 0.255 e. The van der Waals surface area contributed by atoms with Gasteiger partial charge in [-0.3, -0.25) is 4.79 Å². The van der Waals surface area contributed by atoms with Crippen LogP contribution in [-0.4, -0.2) is 26.7 Å². The van der Waals surface area contributed by atoms with E-state index in [0.717, 1.165) is 10.0 Å². The fourth-order valence-corrected chi connectivity index (χ4v) is 2.85. The lowest BCUT2D eigenvalue weighted by molar-refractivity contribution is 0.0947. The van der Waals surface area contributed by atoms with Crippen molar-refractivity contribution in [2.24, 2.45) is 0 Å². The third-order valence-electron chi connectivity index (χ3n) is 3.48. The summed E-state index contributed by atoms with van der Waals surface area (Å²) >= 11 is 9.62. The number of carbonyl (C=O) groups excluding carboxylic acids is 1. The van der Waals surface area contributed by atoms with Gasteiger partial charge in [0.15, 0.2) is 11.5 Å². The quantitative estimate of drug-likeness (QED) is 0.708. The SMILES string of the molecule is CCOc1ccc(Br)cc1C(=O)NCc1cc(OC)c(OC)cc1Cl. The minimum Gasteiger partial charge on any atom is -0.493 e. The molecule has 0 saturated heterocycles. The van der Waals surface area contributed by atoms with Crippen LogP contribution in [0.4, 0.5) is 0 Å². The first-order valence-electron chi connectivity index (χ1n) is 7.61. The lowest BCUT2D eigenvalue weighted by Crippen LogP contribution is -2.23. The molecule has 0 radical (unpaired) electrons. The summed E-state index contributed by atoms with van der Waals surface area (Å²) in [6.45, 7) is 2.59. The average molecular weight is 429 g/mol. The number of amides is 1. The molecule has 1 amide bonds. The van der Waals surface area contributed by atoms with Crippen molar-refractivity contribution in [1.82, 2.24) is 5.32 Å². The molecule has 0 unspecified atom stereocenters. The van der Waals surface area contributed by atoms with Crippen LogP contribution >= 0.6 is 27.5 Å². The van der Waals surface area contributed by atoms with Crippen LogP contribution in [0.5, 0.6) is 17.2 Å². The molecule has 0 aliphatic heterocycles. The zero-order chi connectivity index (χ0) is 18.4. The van der Waals surface area contributed by atoms with Crippen molar-refractivity contribution < 1.29 is 19.0 Å². The molecule has 0 spiro atoms. The van der Waals surface area contributed by atoms with Gasteiger partial charge in [-0.2, -0.15) is 0 Å². The molecule has 134 valence electrons. The van der Waals surface area contributed by atoms with Gasteiger partial charge in [-0.25, -0.2) is 0 Å². The first kappa shape index (κ1) is 19.4. The summed E-state index contributed by atoms with van der Waals surface area (Å²) in [7, 11) is 3.09. The van der Waals surface area contributed by atoms with Crippen LogP contribution in [0, 0.1) is 0 Å². The van der Waals surface area contributed by atoms with Crippen molar-refractivity contribution in [2.75, 3.05) is 20.8 Å². The van der Waals surface area contributed by atoms with Crippen molar-refractivity contribution in [3.05, 3.63) is 51.0 Å². The maximum atomic E-state index is 12.5. The fraction of sp³-hybridized carbons (Fsp3) is 0.278. The van der Waals surface area contributed by atoms with Crippen LogP contribution in [0.1, 0.15) is 22.8 Å². The first-order valence-corrected chi connectivity index (χ1v) is 8.78. The third-order valence-corrected chi connectivity index (χ3v) is 4.32. The summed E-state index contributed by atoms with van der Waals surface area (Å²) in [4.78, 5) is 12.5. The molecule has 2 aromatic rings. The number of benzene rings is 2. The largest absolute Gasteiger partial charge is 0.493 e. The molecule has 0 fully saturated rings. The third kappa shape index (κ3) is 4.80. The Kier molecular flexibility index (Phi) is 6.96. The van der Waals surface area contributed by atoms with E-state index in [1.54, 1.807) is 31.4 Å². The summed E-state index contributed by atoms with van der Waals surface area (Å²) in [6, 6.07) is 8.70. The minimum absolute atomic E-state index is 0.246. The summed E-state index contributed by atoms with van der Waals surface area (Å²) in [5, 5.41) is 3.33. The van der Waals surface area contributed by atoms with E-state index in [1.807, 2.05) is 13.0 Å². The highest BCUT2D eigenvalue weighted by Crippen LogP contribution is 2.33. The molecular weight excluding hydrogens is 410 g/mol. The molecule has 0 bridgehead atoms. The van der Waals surface area contributed by atoms with E-state index in [-0.39, 0.29) is 12.5 Å². The average Bonchev–Trinajstić information content (AvgIpc) is 2.61. The summed E-state index contributed by atoms with van der Waals surface area (Å²) in [5.74, 6) is 1.36. The molecule has 2 rings (SSSR count). The molecule has 2 aromatic carbocycles. The number of methoxy groups -OCH3 is 2. The molecular formula is C18H19BrClNO4. The van der Waals surface area contributed by atoms with E-state index in [2.05, 4.69) is 21.2 Å². The van der Waals surface area contributed by atoms with Crippen LogP contribution in [0.25, 0.3) is 0 Å². The summed E-state index contributed by atoms with van der Waals surface area (Å²) in [6.07, 6.45) is 0. The van der Waals surface area contributed by atoms with Crippen molar-refractivity contribution in [1.29, 1.82) is 0 Å². The standard InChI is InChI=1S/C18H19BrClNO4/c1-4-25-15-6-5-12(19)8-13(15)18(22)21-10-11-7-16(23-2)17(24-3)9-14(11)20/h5-9H,4,10H2,1-3H3,(H,21,22). The van der Waals surface area contributed by atoms with E-state index in [4.69, 9.17) is 25.8 Å². The van der Waals surface area contributed by atoms with Gasteiger partial charge >= 0.3 is 0 Å². The maximum absolute atomic E-state index is 12.5. The fourth-order valence-electron chi connectivity index (χ4n) is 2.26. The Labute approximate surface area is 160 Å². The molecule has 0 saturated carbocycles. The molecule has 0 atom stereocenters. The van der Waals surface area contributed by atoms with Gasteiger partial charge in [-0.1, -0.05) is 27.5 Å². The second-order valence-corrected chi connectivity index (χ2v) is 6.38. The van der Waals surface area contributed by atoms with Gasteiger partial charge in [-0.15, -0.1) is 0 Å². The normalized spacial score (nSPS) is 10.3. The van der Waals surface area contributed by atoms with E-state index in [0.29, 0.717) is 34.4 Å². The van der Waals surface area contributed by atoms with Crippen molar-refractivity contribution in [3.8, 4) is 17.2 Å². The second-order valence-electron chi connectivity index (χ2n) is 5.05.